The van der Waals surface area contributed by atoms with Gasteiger partial charge < -0.3 is 0 Å². The van der Waals surface area contributed by atoms with Gasteiger partial charge >= 0.3 is 79.7 Å². The van der Waals surface area contributed by atoms with Crippen LogP contribution in [0.4, 0.5) is 0 Å². The summed E-state index contributed by atoms with van der Waals surface area (Å²) in [4.78, 5) is 0. The van der Waals surface area contributed by atoms with Gasteiger partial charge in [0.2, 0.25) is 0 Å². The smallest absolute Gasteiger partial charge is 0 e. The zero-order valence-electron chi connectivity index (χ0n) is 0.996. The standard InChI is InChI=1S/Ca.Er.Li.Mg.Zn.5H. The van der Waals surface area contributed by atoms with Crippen LogP contribution in [0.15, 0.2) is 0 Å². The first-order valence-corrected chi connectivity index (χ1v) is 0. The van der Waals surface area contributed by atoms with Crippen molar-refractivity contribution in [2.45, 2.75) is 0 Å². The molecular weight excluding hydrogens is 304 g/mol. The third-order valence-corrected chi connectivity index (χ3v) is 0. The molecule has 0 aromatic carbocycles. The summed E-state index contributed by atoms with van der Waals surface area (Å²) in [5.41, 5.74) is 0. The van der Waals surface area contributed by atoms with Crippen LogP contribution < -0.4 is 0 Å². The van der Waals surface area contributed by atoms with E-state index in [4.69, 9.17) is 0 Å². The van der Waals surface area contributed by atoms with E-state index < -0.39 is 0 Å². The van der Waals surface area contributed by atoms with Crippen LogP contribution >= 0.6 is 0 Å². The Morgan fingerprint density at radius 1 is 1.00 bits per heavy atom. The van der Waals surface area contributed by atoms with Crippen molar-refractivity contribution >= 4 is 79.7 Å². The van der Waals surface area contributed by atoms with Crippen molar-refractivity contribution in [2.75, 3.05) is 0 Å². The van der Waals surface area contributed by atoms with E-state index in [-0.39, 0.29) is 136 Å². The molecule has 0 saturated carbocycles. The maximum absolute atomic E-state index is 0. The fourth-order valence-electron chi connectivity index (χ4n) is 0. The number of hydrogen-bond donors (Lipinski definition) is 0. The van der Waals surface area contributed by atoms with Crippen molar-refractivity contribution in [1.29, 1.82) is 0 Å². The molecule has 0 aromatic rings. The number of hydrogen-bond acceptors (Lipinski definition) is 0. The normalized spacial score (nSPS) is 0. The Labute approximate surface area is 133 Å². The zero-order chi connectivity index (χ0) is 0. The van der Waals surface area contributed by atoms with Gasteiger partial charge in [-0.2, -0.15) is 0 Å². The maximum atomic E-state index is 0. The predicted molar refractivity (Wildman–Crippen MR) is 24.2 cm³/mol. The summed E-state index contributed by atoms with van der Waals surface area (Å²) in [7, 11) is 0. The second kappa shape index (κ2) is 23.6. The molecule has 0 aliphatic heterocycles. The molecule has 0 heterocycles. The van der Waals surface area contributed by atoms with Crippen LogP contribution in [0.25, 0.3) is 0 Å². The average molecular weight is 309 g/mol. The second-order valence-corrected chi connectivity index (χ2v) is 0. The Balaban J connectivity index is 0. The molecule has 0 saturated heterocycles. The van der Waals surface area contributed by atoms with Crippen molar-refractivity contribution in [2.24, 2.45) is 0 Å². The van der Waals surface area contributed by atoms with Gasteiger partial charge in [0.05, 0.1) is 0 Å². The van der Waals surface area contributed by atoms with Crippen molar-refractivity contribution in [1.82, 2.24) is 0 Å². The summed E-state index contributed by atoms with van der Waals surface area (Å²) in [5.74, 6) is 0. The van der Waals surface area contributed by atoms with E-state index in [2.05, 4.69) is 0 Å². The van der Waals surface area contributed by atoms with Gasteiger partial charge in [0.1, 0.15) is 0 Å². The van der Waals surface area contributed by atoms with Gasteiger partial charge in [-0.25, -0.2) is 0 Å². The molecule has 0 bridgehead atoms. The Hall–Kier alpha value is 4.49. The van der Waals surface area contributed by atoms with Crippen molar-refractivity contribution in [3.05, 3.63) is 0 Å². The molecule has 0 aromatic heterocycles. The number of rotatable bonds is 0. The summed E-state index contributed by atoms with van der Waals surface area (Å²) in [6.07, 6.45) is 0. The van der Waals surface area contributed by atoms with E-state index in [9.17, 15) is 0 Å². The van der Waals surface area contributed by atoms with Crippen LogP contribution in [0.2, 0.25) is 0 Å². The average Bonchev–Trinajstić information content (AvgIpc) is 0. The van der Waals surface area contributed by atoms with Crippen molar-refractivity contribution in [3.8, 4) is 0 Å². The predicted octanol–water partition coefficient (Wildman–Crippen LogP) is -2.48. The van der Waals surface area contributed by atoms with Crippen LogP contribution in [0.1, 0.15) is 0 Å². The molecule has 0 spiro atoms. The molecule has 0 N–H and O–H groups in total. The molecule has 0 aliphatic rings. The van der Waals surface area contributed by atoms with Crippen LogP contribution in [-0.4, -0.2) is 79.7 Å². The minimum absolute atomic E-state index is 0. The van der Waals surface area contributed by atoms with Gasteiger partial charge in [0.25, 0.3) is 0 Å². The van der Waals surface area contributed by atoms with Crippen molar-refractivity contribution < 1.29 is 56.8 Å². The van der Waals surface area contributed by atoms with Gasteiger partial charge in [0, 0.05) is 56.8 Å². The molecule has 0 amide bonds. The van der Waals surface area contributed by atoms with Gasteiger partial charge in [-0.3, -0.25) is 0 Å². The summed E-state index contributed by atoms with van der Waals surface area (Å²) in [5, 5.41) is 0. The third-order valence-electron chi connectivity index (χ3n) is 0. The van der Waals surface area contributed by atoms with Gasteiger partial charge in [-0.05, 0) is 0 Å². The minimum Gasteiger partial charge on any atom is 0 e. The quantitative estimate of drug-likeness (QED) is 0.435. The van der Waals surface area contributed by atoms with Gasteiger partial charge in [-0.1, -0.05) is 0 Å². The summed E-state index contributed by atoms with van der Waals surface area (Å²) in [6.45, 7) is 0. The molecule has 0 atom stereocenters. The monoisotopic (exact) mass is 306 g/mol. The van der Waals surface area contributed by atoms with Crippen LogP contribution in [-0.2, 0) is 19.5 Å². The van der Waals surface area contributed by atoms with E-state index >= 15 is 0 Å². The molecule has 0 fully saturated rings. The molecule has 24 valence electrons. The fraction of sp³-hybridized carbons (Fsp3) is 0. The molecule has 0 unspecified atom stereocenters. The van der Waals surface area contributed by atoms with Crippen molar-refractivity contribution in [3.63, 3.8) is 0 Å². The van der Waals surface area contributed by atoms with Crippen LogP contribution in [0, 0.1) is 37.3 Å². The van der Waals surface area contributed by atoms with Gasteiger partial charge in [0.15, 0.2) is 0 Å². The van der Waals surface area contributed by atoms with Crippen LogP contribution in [0.3, 0.4) is 0 Å². The molecule has 0 rings (SSSR count). The molecule has 0 aliphatic carbocycles. The van der Waals surface area contributed by atoms with E-state index in [1.54, 1.807) is 0 Å². The topological polar surface area (TPSA) is 0 Å². The van der Waals surface area contributed by atoms with E-state index in [1.807, 2.05) is 0 Å². The molecule has 0 radical (unpaired) electrons. The molecule has 0 nitrogen and oxygen atoms in total. The molecular formula is H5CaErLiMgZn. The zero-order valence-corrected chi connectivity index (χ0v) is 5.82. The molecule has 5 heavy (non-hydrogen) atoms. The second-order valence-electron chi connectivity index (χ2n) is 0. The van der Waals surface area contributed by atoms with Gasteiger partial charge in [-0.15, -0.1) is 0 Å². The SMILES string of the molecule is [CaH2].[Er].[LiH].[MgH2].[Zn]. The van der Waals surface area contributed by atoms with E-state index in [1.165, 1.54) is 0 Å². The minimum atomic E-state index is 0. The fourth-order valence-corrected chi connectivity index (χ4v) is 0. The Morgan fingerprint density at radius 3 is 1.00 bits per heavy atom. The first-order chi connectivity index (χ1) is 0. The Kier molecular flexibility index (Phi) is 160. The third kappa shape index (κ3) is 17.7. The largest absolute Gasteiger partial charge is 0.316 e. The van der Waals surface area contributed by atoms with Crippen LogP contribution in [0.5, 0.6) is 0 Å². The first-order valence-electron chi connectivity index (χ1n) is 0. The Bertz CT molecular complexity index is 11.6. The maximum Gasteiger partial charge on any atom is 0.316 e. The summed E-state index contributed by atoms with van der Waals surface area (Å²) in [6, 6.07) is 0. The van der Waals surface area contributed by atoms with E-state index in [0.29, 0.717) is 0 Å². The molecule has 5 heteroatoms. The first kappa shape index (κ1) is 33.9. The Morgan fingerprint density at radius 2 is 1.00 bits per heavy atom. The summed E-state index contributed by atoms with van der Waals surface area (Å²) >= 11 is 0. The summed E-state index contributed by atoms with van der Waals surface area (Å²) < 4.78 is 0. The van der Waals surface area contributed by atoms with E-state index in [0.717, 1.165) is 0 Å².